The smallest absolute Gasteiger partial charge is 0.143 e. The molecule has 2 aromatic rings. The van der Waals surface area contributed by atoms with Crippen molar-refractivity contribution in [3.05, 3.63) is 45.5 Å². The summed E-state index contributed by atoms with van der Waals surface area (Å²) in [5, 5.41) is 10.4. The monoisotopic (exact) mass is 349 g/mol. The molecule has 0 N–H and O–H groups in total. The van der Waals surface area contributed by atoms with Gasteiger partial charge in [0.1, 0.15) is 11.6 Å². The molecule has 1 aromatic heterocycles. The van der Waals surface area contributed by atoms with Crippen molar-refractivity contribution in [2.45, 2.75) is 63.3 Å². The Labute approximate surface area is 147 Å². The molecule has 1 aromatic carbocycles. The van der Waals surface area contributed by atoms with Gasteiger partial charge in [-0.1, -0.05) is 48.5 Å². The van der Waals surface area contributed by atoms with Gasteiger partial charge in [-0.05, 0) is 43.4 Å². The molecule has 5 heteroatoms. The van der Waals surface area contributed by atoms with Gasteiger partial charge >= 0.3 is 0 Å². The molecule has 3 nitrogen and oxygen atoms in total. The average molecular weight is 350 g/mol. The molecule has 0 atom stereocenters. The molecule has 1 aliphatic carbocycles. The Morgan fingerprint density at radius 2 is 1.74 bits per heavy atom. The van der Waals surface area contributed by atoms with Crippen molar-refractivity contribution in [3.8, 4) is 0 Å². The summed E-state index contributed by atoms with van der Waals surface area (Å²) in [4.78, 5) is 0. The summed E-state index contributed by atoms with van der Waals surface area (Å²) < 4.78 is 2.39. The fourth-order valence-electron chi connectivity index (χ4n) is 3.98. The van der Waals surface area contributed by atoms with Crippen molar-refractivity contribution in [1.29, 1.82) is 0 Å². The SMILES string of the molecule is Clc1ccc(C2(c3nnc4n3CCCCCC4)CCC2)cc1Cl. The van der Waals surface area contributed by atoms with Crippen LogP contribution in [0.3, 0.4) is 0 Å². The zero-order valence-corrected chi connectivity index (χ0v) is 14.7. The molecule has 1 fully saturated rings. The standard InChI is InChI=1S/C18H21Cl2N3/c19-14-8-7-13(12-15(14)20)18(9-5-10-18)17-22-21-16-6-3-1-2-4-11-23(16)17/h7-8,12H,1-6,9-11H2. The second-order valence-corrected chi connectivity index (χ2v) is 7.63. The summed E-state index contributed by atoms with van der Waals surface area (Å²) in [5.41, 5.74) is 1.20. The lowest BCUT2D eigenvalue weighted by Gasteiger charge is -2.42. The van der Waals surface area contributed by atoms with E-state index < -0.39 is 0 Å². The van der Waals surface area contributed by atoms with Gasteiger partial charge in [-0.15, -0.1) is 10.2 Å². The number of rotatable bonds is 2. The molecule has 0 amide bonds. The van der Waals surface area contributed by atoms with Crippen LogP contribution in [0, 0.1) is 0 Å². The van der Waals surface area contributed by atoms with Crippen molar-refractivity contribution >= 4 is 23.2 Å². The van der Waals surface area contributed by atoms with Gasteiger partial charge in [0.15, 0.2) is 0 Å². The predicted octanol–water partition coefficient (Wildman–Crippen LogP) is 5.17. The maximum Gasteiger partial charge on any atom is 0.143 e. The summed E-state index contributed by atoms with van der Waals surface area (Å²) in [6.07, 6.45) is 9.55. The topological polar surface area (TPSA) is 30.7 Å². The molecule has 1 saturated carbocycles. The summed E-state index contributed by atoms with van der Waals surface area (Å²) in [6.45, 7) is 1.04. The molecule has 1 aliphatic heterocycles. The highest BCUT2D eigenvalue weighted by Crippen LogP contribution is 2.49. The van der Waals surface area contributed by atoms with Crippen LogP contribution in [-0.4, -0.2) is 14.8 Å². The quantitative estimate of drug-likeness (QED) is 0.748. The molecule has 4 rings (SSSR count). The van der Waals surface area contributed by atoms with Crippen molar-refractivity contribution in [3.63, 3.8) is 0 Å². The Morgan fingerprint density at radius 1 is 0.913 bits per heavy atom. The molecular weight excluding hydrogens is 329 g/mol. The third-order valence-corrected chi connectivity index (χ3v) is 6.21. The molecule has 0 spiro atoms. The summed E-state index contributed by atoms with van der Waals surface area (Å²) in [7, 11) is 0. The number of aryl methyl sites for hydroxylation is 1. The third kappa shape index (κ3) is 2.58. The van der Waals surface area contributed by atoms with Crippen LogP contribution in [0.5, 0.6) is 0 Å². The second-order valence-electron chi connectivity index (χ2n) is 6.82. The molecule has 2 heterocycles. The van der Waals surface area contributed by atoms with Gasteiger partial charge in [-0.3, -0.25) is 0 Å². The minimum atomic E-state index is -0.0291. The normalized spacial score (nSPS) is 20.3. The summed E-state index contributed by atoms with van der Waals surface area (Å²) in [6, 6.07) is 6.04. The average Bonchev–Trinajstić information content (AvgIpc) is 2.84. The van der Waals surface area contributed by atoms with Crippen LogP contribution >= 0.6 is 23.2 Å². The van der Waals surface area contributed by atoms with Crippen molar-refractivity contribution < 1.29 is 0 Å². The van der Waals surface area contributed by atoms with Crippen LogP contribution in [-0.2, 0) is 18.4 Å². The van der Waals surface area contributed by atoms with Crippen molar-refractivity contribution in [1.82, 2.24) is 14.8 Å². The first-order valence-electron chi connectivity index (χ1n) is 8.59. The fraction of sp³-hybridized carbons (Fsp3) is 0.556. The molecule has 122 valence electrons. The molecule has 2 aliphatic rings. The summed E-state index contributed by atoms with van der Waals surface area (Å²) in [5.74, 6) is 2.30. The fourth-order valence-corrected chi connectivity index (χ4v) is 4.28. The van der Waals surface area contributed by atoms with Gasteiger partial charge in [0, 0.05) is 13.0 Å². The zero-order chi connectivity index (χ0) is 15.9. The van der Waals surface area contributed by atoms with E-state index in [2.05, 4.69) is 20.8 Å². The first kappa shape index (κ1) is 15.5. The lowest BCUT2D eigenvalue weighted by atomic mass is 9.63. The number of hydrogen-bond donors (Lipinski definition) is 0. The van der Waals surface area contributed by atoms with Crippen LogP contribution in [0.2, 0.25) is 10.0 Å². The Morgan fingerprint density at radius 3 is 2.48 bits per heavy atom. The lowest BCUT2D eigenvalue weighted by Crippen LogP contribution is -2.38. The van der Waals surface area contributed by atoms with E-state index in [1.54, 1.807) is 0 Å². The third-order valence-electron chi connectivity index (χ3n) is 5.47. The van der Waals surface area contributed by atoms with Gasteiger partial charge in [-0.25, -0.2) is 0 Å². The van der Waals surface area contributed by atoms with E-state index in [0.29, 0.717) is 10.0 Å². The number of halogens is 2. The van der Waals surface area contributed by atoms with E-state index in [9.17, 15) is 0 Å². The maximum absolute atomic E-state index is 6.28. The van der Waals surface area contributed by atoms with E-state index in [4.69, 9.17) is 23.2 Å². The first-order valence-corrected chi connectivity index (χ1v) is 9.34. The molecule has 0 bridgehead atoms. The Balaban J connectivity index is 1.79. The number of nitrogens with zero attached hydrogens (tertiary/aromatic N) is 3. The Bertz CT molecular complexity index is 719. The second kappa shape index (κ2) is 6.10. The Kier molecular flexibility index (Phi) is 4.10. The van der Waals surface area contributed by atoms with Gasteiger partial charge in [0.05, 0.1) is 15.5 Å². The molecule has 0 unspecified atom stereocenters. The molecule has 0 radical (unpaired) electrons. The Hall–Kier alpha value is -1.06. The minimum Gasteiger partial charge on any atom is -0.314 e. The zero-order valence-electron chi connectivity index (χ0n) is 13.2. The van der Waals surface area contributed by atoms with Gasteiger partial charge in [0.2, 0.25) is 0 Å². The van der Waals surface area contributed by atoms with Gasteiger partial charge in [0.25, 0.3) is 0 Å². The predicted molar refractivity (Wildman–Crippen MR) is 93.3 cm³/mol. The lowest BCUT2D eigenvalue weighted by molar-refractivity contribution is 0.272. The first-order chi connectivity index (χ1) is 11.2. The van der Waals surface area contributed by atoms with E-state index in [1.165, 1.54) is 37.7 Å². The van der Waals surface area contributed by atoms with E-state index in [1.807, 2.05) is 12.1 Å². The largest absolute Gasteiger partial charge is 0.314 e. The highest BCUT2D eigenvalue weighted by molar-refractivity contribution is 6.42. The van der Waals surface area contributed by atoms with E-state index in [-0.39, 0.29) is 5.41 Å². The highest BCUT2D eigenvalue weighted by Gasteiger charge is 2.45. The van der Waals surface area contributed by atoms with Gasteiger partial charge < -0.3 is 4.57 Å². The van der Waals surface area contributed by atoms with Crippen LogP contribution in [0.1, 0.15) is 62.2 Å². The van der Waals surface area contributed by atoms with Crippen LogP contribution in [0.15, 0.2) is 18.2 Å². The van der Waals surface area contributed by atoms with Crippen LogP contribution < -0.4 is 0 Å². The van der Waals surface area contributed by atoms with E-state index >= 15 is 0 Å². The summed E-state index contributed by atoms with van der Waals surface area (Å²) >= 11 is 12.4. The maximum atomic E-state index is 6.28. The van der Waals surface area contributed by atoms with Crippen molar-refractivity contribution in [2.75, 3.05) is 0 Å². The molecule has 23 heavy (non-hydrogen) atoms. The number of benzene rings is 1. The number of fused-ring (bicyclic) bond motifs is 1. The molecule has 0 saturated heterocycles. The highest BCUT2D eigenvalue weighted by atomic mass is 35.5. The molecular formula is C18H21Cl2N3. The van der Waals surface area contributed by atoms with Gasteiger partial charge in [-0.2, -0.15) is 0 Å². The number of hydrogen-bond acceptors (Lipinski definition) is 2. The van der Waals surface area contributed by atoms with Crippen LogP contribution in [0.4, 0.5) is 0 Å². The van der Waals surface area contributed by atoms with Crippen molar-refractivity contribution in [2.24, 2.45) is 0 Å². The van der Waals surface area contributed by atoms with Crippen LogP contribution in [0.25, 0.3) is 0 Å². The number of aromatic nitrogens is 3. The van der Waals surface area contributed by atoms with E-state index in [0.717, 1.165) is 37.5 Å². The minimum absolute atomic E-state index is 0.0291.